The first-order valence-corrected chi connectivity index (χ1v) is 7.58. The normalized spacial score (nSPS) is 12.3. The zero-order valence-corrected chi connectivity index (χ0v) is 13.8. The molecule has 0 saturated carbocycles. The van der Waals surface area contributed by atoms with Gasteiger partial charge in [-0.2, -0.15) is 0 Å². The number of anilines is 1. The lowest BCUT2D eigenvalue weighted by molar-refractivity contribution is 0.389. The summed E-state index contributed by atoms with van der Waals surface area (Å²) in [5.41, 5.74) is 4.58. The van der Waals surface area contributed by atoms with E-state index in [0.717, 1.165) is 6.54 Å². The Balaban J connectivity index is 2.82. The van der Waals surface area contributed by atoms with Crippen LogP contribution in [0, 0.1) is 5.41 Å². The third-order valence-electron chi connectivity index (χ3n) is 3.55. The largest absolute Gasteiger partial charge is 0.385 e. The van der Waals surface area contributed by atoms with Crippen molar-refractivity contribution in [3.63, 3.8) is 0 Å². The van der Waals surface area contributed by atoms with E-state index in [1.54, 1.807) is 0 Å². The quantitative estimate of drug-likeness (QED) is 0.708. The summed E-state index contributed by atoms with van der Waals surface area (Å²) < 4.78 is 0. The highest BCUT2D eigenvalue weighted by atomic mass is 14.9. The summed E-state index contributed by atoms with van der Waals surface area (Å²) in [6.07, 6.45) is 1.19. The summed E-state index contributed by atoms with van der Waals surface area (Å²) in [6, 6.07) is 6.89. The van der Waals surface area contributed by atoms with Gasteiger partial charge in [-0.3, -0.25) is 0 Å². The SMILES string of the molecule is CC(C)c1ccc(NCCC(C)(C)C)c(C(C)C)c1. The number of hydrogen-bond donors (Lipinski definition) is 1. The molecule has 0 bridgehead atoms. The van der Waals surface area contributed by atoms with E-state index >= 15 is 0 Å². The molecule has 0 radical (unpaired) electrons. The van der Waals surface area contributed by atoms with Gasteiger partial charge in [0.2, 0.25) is 0 Å². The van der Waals surface area contributed by atoms with Gasteiger partial charge in [-0.1, -0.05) is 60.6 Å². The molecular formula is C18H31N. The lowest BCUT2D eigenvalue weighted by atomic mass is 9.91. The predicted octanol–water partition coefficient (Wildman–Crippen LogP) is 5.78. The minimum Gasteiger partial charge on any atom is -0.385 e. The summed E-state index contributed by atoms with van der Waals surface area (Å²) in [5, 5.41) is 3.62. The van der Waals surface area contributed by atoms with Crippen molar-refractivity contribution < 1.29 is 0 Å². The van der Waals surface area contributed by atoms with Gasteiger partial charge in [-0.15, -0.1) is 0 Å². The highest BCUT2D eigenvalue weighted by Gasteiger charge is 2.12. The fourth-order valence-corrected chi connectivity index (χ4v) is 2.15. The molecular weight excluding hydrogens is 230 g/mol. The van der Waals surface area contributed by atoms with Crippen LogP contribution in [-0.4, -0.2) is 6.54 Å². The van der Waals surface area contributed by atoms with Crippen molar-refractivity contribution in [3.8, 4) is 0 Å². The average Bonchev–Trinajstić information content (AvgIpc) is 2.27. The van der Waals surface area contributed by atoms with E-state index in [9.17, 15) is 0 Å². The van der Waals surface area contributed by atoms with E-state index in [4.69, 9.17) is 0 Å². The van der Waals surface area contributed by atoms with Crippen LogP contribution in [0.25, 0.3) is 0 Å². The number of benzene rings is 1. The number of hydrogen-bond acceptors (Lipinski definition) is 1. The van der Waals surface area contributed by atoms with Crippen LogP contribution in [0.4, 0.5) is 5.69 Å². The smallest absolute Gasteiger partial charge is 0.0375 e. The van der Waals surface area contributed by atoms with E-state index in [2.05, 4.69) is 72.0 Å². The zero-order chi connectivity index (χ0) is 14.6. The van der Waals surface area contributed by atoms with Crippen molar-refractivity contribution in [1.82, 2.24) is 0 Å². The molecule has 1 heteroatoms. The molecule has 1 nitrogen and oxygen atoms in total. The highest BCUT2D eigenvalue weighted by Crippen LogP contribution is 2.29. The molecule has 1 aromatic rings. The van der Waals surface area contributed by atoms with E-state index in [1.807, 2.05) is 0 Å². The van der Waals surface area contributed by atoms with Crippen LogP contribution in [0.1, 0.15) is 77.8 Å². The maximum atomic E-state index is 3.62. The Morgan fingerprint density at radius 3 is 2.11 bits per heavy atom. The first-order chi connectivity index (χ1) is 8.70. The molecule has 1 aromatic carbocycles. The van der Waals surface area contributed by atoms with E-state index in [1.165, 1.54) is 23.2 Å². The molecule has 108 valence electrons. The van der Waals surface area contributed by atoms with Gasteiger partial charge < -0.3 is 5.32 Å². The standard InChI is InChI=1S/C18H31N/c1-13(2)15-8-9-17(16(12-15)14(3)4)19-11-10-18(5,6)7/h8-9,12-14,19H,10-11H2,1-7H3. The maximum absolute atomic E-state index is 3.62. The molecule has 0 aliphatic rings. The van der Waals surface area contributed by atoms with Crippen LogP contribution in [0.15, 0.2) is 18.2 Å². The van der Waals surface area contributed by atoms with Gasteiger partial charge in [0.1, 0.15) is 0 Å². The van der Waals surface area contributed by atoms with Crippen molar-refractivity contribution in [2.45, 2.75) is 66.7 Å². The fraction of sp³-hybridized carbons (Fsp3) is 0.667. The monoisotopic (exact) mass is 261 g/mol. The van der Waals surface area contributed by atoms with E-state index in [-0.39, 0.29) is 0 Å². The second-order valence-electron chi connectivity index (χ2n) is 7.39. The van der Waals surface area contributed by atoms with Crippen molar-refractivity contribution in [3.05, 3.63) is 29.3 Å². The molecule has 0 saturated heterocycles. The maximum Gasteiger partial charge on any atom is 0.0375 e. The van der Waals surface area contributed by atoms with E-state index < -0.39 is 0 Å². The first kappa shape index (κ1) is 16.1. The summed E-state index contributed by atoms with van der Waals surface area (Å²) >= 11 is 0. The van der Waals surface area contributed by atoms with Crippen molar-refractivity contribution >= 4 is 5.69 Å². The minimum atomic E-state index is 0.392. The Bertz CT molecular complexity index is 397. The van der Waals surface area contributed by atoms with Crippen molar-refractivity contribution in [2.24, 2.45) is 5.41 Å². The second-order valence-corrected chi connectivity index (χ2v) is 7.39. The van der Waals surface area contributed by atoms with Gasteiger partial charge in [0.25, 0.3) is 0 Å². The number of nitrogens with one attached hydrogen (secondary N) is 1. The molecule has 0 amide bonds. The third-order valence-corrected chi connectivity index (χ3v) is 3.55. The lowest BCUT2D eigenvalue weighted by Gasteiger charge is -2.21. The third kappa shape index (κ3) is 5.26. The molecule has 0 heterocycles. The van der Waals surface area contributed by atoms with Crippen LogP contribution in [-0.2, 0) is 0 Å². The summed E-state index contributed by atoms with van der Waals surface area (Å²) in [5.74, 6) is 1.16. The lowest BCUT2D eigenvalue weighted by Crippen LogP contribution is -2.14. The molecule has 0 aromatic heterocycles. The Labute approximate surface area is 119 Å². The van der Waals surface area contributed by atoms with Crippen LogP contribution < -0.4 is 5.32 Å². The Kier molecular flexibility index (Phi) is 5.46. The van der Waals surface area contributed by atoms with Gasteiger partial charge in [0, 0.05) is 12.2 Å². The molecule has 0 aliphatic heterocycles. The molecule has 0 atom stereocenters. The van der Waals surface area contributed by atoms with Gasteiger partial charge in [0.15, 0.2) is 0 Å². The predicted molar refractivity (Wildman–Crippen MR) is 87.2 cm³/mol. The molecule has 0 unspecified atom stereocenters. The van der Waals surface area contributed by atoms with Crippen LogP contribution in [0.5, 0.6) is 0 Å². The van der Waals surface area contributed by atoms with Gasteiger partial charge >= 0.3 is 0 Å². The first-order valence-electron chi connectivity index (χ1n) is 7.58. The van der Waals surface area contributed by atoms with E-state index in [0.29, 0.717) is 17.3 Å². The summed E-state index contributed by atoms with van der Waals surface area (Å²) in [7, 11) is 0. The van der Waals surface area contributed by atoms with Crippen LogP contribution in [0.3, 0.4) is 0 Å². The molecule has 0 spiro atoms. The summed E-state index contributed by atoms with van der Waals surface area (Å²) in [4.78, 5) is 0. The number of rotatable bonds is 5. The van der Waals surface area contributed by atoms with Crippen LogP contribution >= 0.6 is 0 Å². The Morgan fingerprint density at radius 1 is 1.00 bits per heavy atom. The highest BCUT2D eigenvalue weighted by molar-refractivity contribution is 5.54. The van der Waals surface area contributed by atoms with Gasteiger partial charge in [0.05, 0.1) is 0 Å². The minimum absolute atomic E-state index is 0.392. The molecule has 19 heavy (non-hydrogen) atoms. The molecule has 1 N–H and O–H groups in total. The van der Waals surface area contributed by atoms with Gasteiger partial charge in [-0.05, 0) is 40.9 Å². The van der Waals surface area contributed by atoms with Crippen molar-refractivity contribution in [2.75, 3.05) is 11.9 Å². The Hall–Kier alpha value is -0.980. The second kappa shape index (κ2) is 6.45. The summed E-state index contributed by atoms with van der Waals surface area (Å²) in [6.45, 7) is 17.0. The molecule has 0 fully saturated rings. The topological polar surface area (TPSA) is 12.0 Å². The van der Waals surface area contributed by atoms with Crippen molar-refractivity contribution in [1.29, 1.82) is 0 Å². The fourth-order valence-electron chi connectivity index (χ4n) is 2.15. The molecule has 0 aliphatic carbocycles. The average molecular weight is 261 g/mol. The van der Waals surface area contributed by atoms with Crippen LogP contribution in [0.2, 0.25) is 0 Å². The molecule has 1 rings (SSSR count). The zero-order valence-electron chi connectivity index (χ0n) is 13.8. The van der Waals surface area contributed by atoms with Gasteiger partial charge in [-0.25, -0.2) is 0 Å². The Morgan fingerprint density at radius 2 is 1.63 bits per heavy atom.